The number of rotatable bonds is 8. The Morgan fingerprint density at radius 3 is 2.61 bits per heavy atom. The maximum atomic E-state index is 4.86. The number of nitrogens with one attached hydrogen (secondary N) is 2. The van der Waals surface area contributed by atoms with Gasteiger partial charge in [-0.05, 0) is 49.4 Å². The van der Waals surface area contributed by atoms with Crippen molar-refractivity contribution in [3.05, 3.63) is 81.8 Å². The van der Waals surface area contributed by atoms with Gasteiger partial charge in [0.05, 0.1) is 24.5 Å². The van der Waals surface area contributed by atoms with Crippen LogP contribution in [0.15, 0.2) is 59.0 Å². The van der Waals surface area contributed by atoms with Crippen molar-refractivity contribution in [3.8, 4) is 5.69 Å². The van der Waals surface area contributed by atoms with Crippen LogP contribution < -0.4 is 10.6 Å². The van der Waals surface area contributed by atoms with Crippen LogP contribution in [0.3, 0.4) is 0 Å². The number of aliphatic imine (C=N–C) groups is 1. The van der Waals surface area contributed by atoms with E-state index in [1.807, 2.05) is 54.5 Å². The van der Waals surface area contributed by atoms with Crippen LogP contribution in [0.5, 0.6) is 0 Å². The van der Waals surface area contributed by atoms with Crippen molar-refractivity contribution >= 4 is 41.3 Å². The first kappa shape index (κ1) is 24.9. The second kappa shape index (κ2) is 11.9. The molecule has 0 bridgehead atoms. The number of aromatic nitrogens is 5. The molecule has 1 aromatic carbocycles. The average molecular weight is 577 g/mol. The molecule has 0 spiro atoms. The van der Waals surface area contributed by atoms with E-state index in [1.54, 1.807) is 11.3 Å². The van der Waals surface area contributed by atoms with Gasteiger partial charge in [-0.1, -0.05) is 24.3 Å². The first-order valence-corrected chi connectivity index (χ1v) is 11.5. The molecule has 0 amide bonds. The third-order valence-electron chi connectivity index (χ3n) is 5.21. The summed E-state index contributed by atoms with van der Waals surface area (Å²) < 4.78 is 3.88. The zero-order valence-electron chi connectivity index (χ0n) is 19.0. The summed E-state index contributed by atoms with van der Waals surface area (Å²) in [6, 6.07) is 14.4. The Labute approximate surface area is 215 Å². The molecule has 0 saturated carbocycles. The summed E-state index contributed by atoms with van der Waals surface area (Å²) in [6.07, 6.45) is 2.93. The SMILES string of the molecule is Cc1ccn(-c2ccccc2CN=C(NCCc2cccs2)NCc2nnc(C)n2C)n1.I. The maximum absolute atomic E-state index is 4.86. The largest absolute Gasteiger partial charge is 0.356 e. The smallest absolute Gasteiger partial charge is 0.191 e. The highest BCUT2D eigenvalue weighted by atomic mass is 127. The van der Waals surface area contributed by atoms with E-state index in [2.05, 4.69) is 55.6 Å². The summed E-state index contributed by atoms with van der Waals surface area (Å²) >= 11 is 1.77. The zero-order chi connectivity index (χ0) is 22.3. The van der Waals surface area contributed by atoms with Crippen LogP contribution in [0.1, 0.15) is 27.8 Å². The molecule has 0 aliphatic heterocycles. The van der Waals surface area contributed by atoms with Gasteiger partial charge in [0.25, 0.3) is 0 Å². The zero-order valence-corrected chi connectivity index (χ0v) is 22.2. The topological polar surface area (TPSA) is 85.0 Å². The summed E-state index contributed by atoms with van der Waals surface area (Å²) in [5.41, 5.74) is 3.12. The van der Waals surface area contributed by atoms with Gasteiger partial charge >= 0.3 is 0 Å². The first-order chi connectivity index (χ1) is 15.6. The van der Waals surface area contributed by atoms with Crippen molar-refractivity contribution in [2.24, 2.45) is 12.0 Å². The van der Waals surface area contributed by atoms with Crippen LogP contribution in [0.2, 0.25) is 0 Å². The molecule has 0 aliphatic rings. The van der Waals surface area contributed by atoms with E-state index in [0.717, 1.165) is 47.5 Å². The number of guanidine groups is 1. The Kier molecular flexibility index (Phi) is 9.01. The van der Waals surface area contributed by atoms with Crippen molar-refractivity contribution in [2.45, 2.75) is 33.4 Å². The average Bonchev–Trinajstić information content (AvgIpc) is 3.54. The molecule has 0 radical (unpaired) electrons. The van der Waals surface area contributed by atoms with E-state index < -0.39 is 0 Å². The van der Waals surface area contributed by atoms with Crippen molar-refractivity contribution < 1.29 is 0 Å². The number of halogens is 1. The van der Waals surface area contributed by atoms with Gasteiger partial charge in [0.1, 0.15) is 5.82 Å². The van der Waals surface area contributed by atoms with Crippen molar-refractivity contribution in [2.75, 3.05) is 6.54 Å². The van der Waals surface area contributed by atoms with Gasteiger partial charge in [0.15, 0.2) is 11.8 Å². The van der Waals surface area contributed by atoms with Gasteiger partial charge in [-0.2, -0.15) is 5.10 Å². The fraction of sp³-hybridized carbons (Fsp3) is 0.304. The molecule has 10 heteroatoms. The van der Waals surface area contributed by atoms with Crippen LogP contribution in [0.25, 0.3) is 5.69 Å². The lowest BCUT2D eigenvalue weighted by Crippen LogP contribution is -2.38. The minimum Gasteiger partial charge on any atom is -0.356 e. The predicted octanol–water partition coefficient (Wildman–Crippen LogP) is 3.78. The molecule has 3 heterocycles. The third-order valence-corrected chi connectivity index (χ3v) is 6.15. The number of hydrogen-bond acceptors (Lipinski definition) is 5. The van der Waals surface area contributed by atoms with Crippen LogP contribution >= 0.6 is 35.3 Å². The highest BCUT2D eigenvalue weighted by Crippen LogP contribution is 2.15. The molecule has 4 rings (SSSR count). The molecule has 8 nitrogen and oxygen atoms in total. The van der Waals surface area contributed by atoms with E-state index >= 15 is 0 Å². The predicted molar refractivity (Wildman–Crippen MR) is 143 cm³/mol. The van der Waals surface area contributed by atoms with Gasteiger partial charge in [0, 0.05) is 24.7 Å². The lowest BCUT2D eigenvalue weighted by molar-refractivity contribution is 0.713. The molecular formula is C23H29IN8S. The molecule has 2 N–H and O–H groups in total. The van der Waals surface area contributed by atoms with E-state index in [-0.39, 0.29) is 24.0 Å². The first-order valence-electron chi connectivity index (χ1n) is 10.6. The number of benzene rings is 1. The standard InChI is InChI=1S/C23H28N8S.HI/c1-17-11-13-31(29-17)21-9-5-4-7-19(21)15-25-23(24-12-10-20-8-6-14-32-20)26-16-22-28-27-18(2)30(22)3;/h4-9,11,13-14H,10,12,15-16H2,1-3H3,(H2,24,25,26);1H. The lowest BCUT2D eigenvalue weighted by Gasteiger charge is -2.13. The molecule has 0 fully saturated rings. The highest BCUT2D eigenvalue weighted by Gasteiger charge is 2.08. The minimum absolute atomic E-state index is 0. The third kappa shape index (κ3) is 6.64. The molecule has 4 aromatic rings. The highest BCUT2D eigenvalue weighted by molar-refractivity contribution is 14.0. The molecule has 174 valence electrons. The van der Waals surface area contributed by atoms with Gasteiger partial charge in [-0.15, -0.1) is 45.5 Å². The minimum atomic E-state index is 0. The van der Waals surface area contributed by atoms with Gasteiger partial charge in [0.2, 0.25) is 0 Å². The Hall–Kier alpha value is -2.73. The summed E-state index contributed by atoms with van der Waals surface area (Å²) in [5, 5.41) is 21.9. The fourth-order valence-electron chi connectivity index (χ4n) is 3.28. The normalized spacial score (nSPS) is 11.3. The van der Waals surface area contributed by atoms with Crippen molar-refractivity contribution in [1.29, 1.82) is 0 Å². The van der Waals surface area contributed by atoms with Crippen LogP contribution in [-0.2, 0) is 26.6 Å². The number of para-hydroxylation sites is 1. The Balaban J connectivity index is 0.00000306. The Morgan fingerprint density at radius 2 is 1.91 bits per heavy atom. The molecule has 0 unspecified atom stereocenters. The number of aryl methyl sites for hydroxylation is 2. The molecular weight excluding hydrogens is 547 g/mol. The van der Waals surface area contributed by atoms with Crippen LogP contribution in [-0.4, -0.2) is 37.0 Å². The summed E-state index contributed by atoms with van der Waals surface area (Å²) in [4.78, 5) is 6.20. The number of nitrogens with zero attached hydrogens (tertiary/aromatic N) is 6. The van der Waals surface area contributed by atoms with Crippen LogP contribution in [0.4, 0.5) is 0 Å². The number of thiophene rings is 1. The lowest BCUT2D eigenvalue weighted by atomic mass is 10.2. The molecule has 0 saturated heterocycles. The van der Waals surface area contributed by atoms with Crippen molar-refractivity contribution in [3.63, 3.8) is 0 Å². The molecule has 33 heavy (non-hydrogen) atoms. The summed E-state index contributed by atoms with van der Waals surface area (Å²) in [5.74, 6) is 2.49. The molecule has 3 aromatic heterocycles. The summed E-state index contributed by atoms with van der Waals surface area (Å²) in [7, 11) is 1.97. The fourth-order valence-corrected chi connectivity index (χ4v) is 3.99. The summed E-state index contributed by atoms with van der Waals surface area (Å²) in [6.45, 7) is 5.80. The van der Waals surface area contributed by atoms with Gasteiger partial charge < -0.3 is 15.2 Å². The molecule has 0 atom stereocenters. The Bertz CT molecular complexity index is 1180. The van der Waals surface area contributed by atoms with Gasteiger partial charge in [-0.3, -0.25) is 0 Å². The van der Waals surface area contributed by atoms with E-state index in [1.165, 1.54) is 4.88 Å². The maximum Gasteiger partial charge on any atom is 0.191 e. The number of hydrogen-bond donors (Lipinski definition) is 2. The van der Waals surface area contributed by atoms with E-state index in [0.29, 0.717) is 13.1 Å². The van der Waals surface area contributed by atoms with Gasteiger partial charge in [-0.25, -0.2) is 9.67 Å². The van der Waals surface area contributed by atoms with E-state index in [4.69, 9.17) is 4.99 Å². The second-order valence-corrected chi connectivity index (χ2v) is 8.56. The quantitative estimate of drug-likeness (QED) is 0.190. The monoisotopic (exact) mass is 576 g/mol. The Morgan fingerprint density at radius 1 is 1.06 bits per heavy atom. The van der Waals surface area contributed by atoms with Crippen molar-refractivity contribution in [1.82, 2.24) is 35.2 Å². The second-order valence-electron chi connectivity index (χ2n) is 7.53. The van der Waals surface area contributed by atoms with Crippen LogP contribution in [0, 0.1) is 13.8 Å². The molecule has 0 aliphatic carbocycles. The van der Waals surface area contributed by atoms with E-state index in [9.17, 15) is 0 Å².